The van der Waals surface area contributed by atoms with Crippen molar-refractivity contribution in [2.45, 2.75) is 39.5 Å². The van der Waals surface area contributed by atoms with Gasteiger partial charge in [0.1, 0.15) is 0 Å². The van der Waals surface area contributed by atoms with Gasteiger partial charge in [-0.3, -0.25) is 4.79 Å². The van der Waals surface area contributed by atoms with Gasteiger partial charge in [0.2, 0.25) is 5.91 Å². The van der Waals surface area contributed by atoms with Crippen LogP contribution in [0.2, 0.25) is 0 Å². The minimum Gasteiger partial charge on any atom is -0.355 e. The number of piperidine rings is 1. The van der Waals surface area contributed by atoms with Gasteiger partial charge in [-0.2, -0.15) is 0 Å². The normalized spacial score (nSPS) is 27.8. The number of carbonyl (C=O) groups is 1. The summed E-state index contributed by atoms with van der Waals surface area (Å²) in [6.07, 6.45) is 4.75. The van der Waals surface area contributed by atoms with Gasteiger partial charge in [0.15, 0.2) is 0 Å². The van der Waals surface area contributed by atoms with Gasteiger partial charge in [0, 0.05) is 13.1 Å². The molecule has 2 fully saturated rings. The molecule has 1 atom stereocenters. The Morgan fingerprint density at radius 1 is 1.50 bits per heavy atom. The van der Waals surface area contributed by atoms with Crippen LogP contribution in [0, 0.1) is 17.3 Å². The molecule has 1 unspecified atom stereocenters. The van der Waals surface area contributed by atoms with Crippen molar-refractivity contribution in [2.24, 2.45) is 17.3 Å². The van der Waals surface area contributed by atoms with Crippen LogP contribution < -0.4 is 10.6 Å². The van der Waals surface area contributed by atoms with Crippen LogP contribution >= 0.6 is 0 Å². The van der Waals surface area contributed by atoms with Gasteiger partial charge in [0.25, 0.3) is 0 Å². The molecule has 0 spiro atoms. The molecule has 0 bridgehead atoms. The van der Waals surface area contributed by atoms with Crippen molar-refractivity contribution in [3.8, 4) is 0 Å². The van der Waals surface area contributed by atoms with E-state index in [-0.39, 0.29) is 11.8 Å². The fourth-order valence-electron chi connectivity index (χ4n) is 2.60. The van der Waals surface area contributed by atoms with Crippen LogP contribution in [0.25, 0.3) is 0 Å². The van der Waals surface area contributed by atoms with E-state index in [4.69, 9.17) is 0 Å². The molecule has 1 aliphatic heterocycles. The third-order valence-corrected chi connectivity index (χ3v) is 4.40. The lowest BCUT2D eigenvalue weighted by molar-refractivity contribution is -0.125. The van der Waals surface area contributed by atoms with E-state index >= 15 is 0 Å². The van der Waals surface area contributed by atoms with Crippen LogP contribution in [-0.4, -0.2) is 25.5 Å². The van der Waals surface area contributed by atoms with E-state index in [1.165, 1.54) is 12.8 Å². The molecule has 2 aliphatic rings. The Kier molecular flexibility index (Phi) is 3.53. The third kappa shape index (κ3) is 2.57. The molecule has 3 heteroatoms. The number of amides is 1. The van der Waals surface area contributed by atoms with Gasteiger partial charge in [-0.1, -0.05) is 13.8 Å². The number of hydrogen-bond donors (Lipinski definition) is 2. The van der Waals surface area contributed by atoms with Gasteiger partial charge in [-0.15, -0.1) is 0 Å². The fraction of sp³-hybridized carbons (Fsp3) is 0.923. The predicted molar refractivity (Wildman–Crippen MR) is 65.1 cm³/mol. The Hall–Kier alpha value is -0.570. The molecule has 2 N–H and O–H groups in total. The lowest BCUT2D eigenvalue weighted by Crippen LogP contribution is -2.42. The Balaban J connectivity index is 1.75. The highest BCUT2D eigenvalue weighted by molar-refractivity contribution is 5.79. The van der Waals surface area contributed by atoms with Crippen molar-refractivity contribution in [3.05, 3.63) is 0 Å². The molecule has 1 amide bonds. The maximum absolute atomic E-state index is 11.9. The summed E-state index contributed by atoms with van der Waals surface area (Å²) in [5.74, 6) is 1.16. The van der Waals surface area contributed by atoms with Crippen LogP contribution in [0.1, 0.15) is 39.5 Å². The quantitative estimate of drug-likeness (QED) is 0.760. The van der Waals surface area contributed by atoms with Crippen LogP contribution in [0.3, 0.4) is 0 Å². The predicted octanol–water partition coefficient (Wildman–Crippen LogP) is 1.54. The highest BCUT2D eigenvalue weighted by Crippen LogP contribution is 2.51. The first-order valence-corrected chi connectivity index (χ1v) is 6.62. The second kappa shape index (κ2) is 4.74. The Morgan fingerprint density at radius 3 is 2.75 bits per heavy atom. The second-order valence-electron chi connectivity index (χ2n) is 5.78. The Bertz CT molecular complexity index is 253. The standard InChI is InChI=1S/C13H24N2O/c1-10(2)13(5-6-13)9-15-12(16)11-4-3-7-14-8-11/h10-11,14H,3-9H2,1-2H3,(H,15,16). The molecule has 0 aromatic heterocycles. The first kappa shape index (κ1) is 11.9. The molecular formula is C13H24N2O. The number of nitrogens with one attached hydrogen (secondary N) is 2. The molecular weight excluding hydrogens is 200 g/mol. The summed E-state index contributed by atoms with van der Waals surface area (Å²) in [6, 6.07) is 0. The van der Waals surface area contributed by atoms with Crippen LogP contribution in [-0.2, 0) is 4.79 Å². The van der Waals surface area contributed by atoms with Crippen molar-refractivity contribution < 1.29 is 4.79 Å². The summed E-state index contributed by atoms with van der Waals surface area (Å²) in [4.78, 5) is 11.9. The smallest absolute Gasteiger partial charge is 0.224 e. The molecule has 1 heterocycles. The molecule has 16 heavy (non-hydrogen) atoms. The first-order chi connectivity index (χ1) is 7.64. The number of hydrogen-bond acceptors (Lipinski definition) is 2. The number of rotatable bonds is 4. The molecule has 0 radical (unpaired) electrons. The van der Waals surface area contributed by atoms with Gasteiger partial charge < -0.3 is 10.6 Å². The van der Waals surface area contributed by atoms with Crippen molar-refractivity contribution in [2.75, 3.05) is 19.6 Å². The summed E-state index contributed by atoms with van der Waals surface area (Å²) in [6.45, 7) is 7.35. The zero-order valence-electron chi connectivity index (χ0n) is 10.5. The van der Waals surface area contributed by atoms with E-state index in [0.717, 1.165) is 32.5 Å². The largest absolute Gasteiger partial charge is 0.355 e. The maximum atomic E-state index is 11.9. The highest BCUT2D eigenvalue weighted by Gasteiger charge is 2.45. The van der Waals surface area contributed by atoms with E-state index in [2.05, 4.69) is 24.5 Å². The highest BCUT2D eigenvalue weighted by atomic mass is 16.1. The van der Waals surface area contributed by atoms with Crippen LogP contribution in [0.15, 0.2) is 0 Å². The first-order valence-electron chi connectivity index (χ1n) is 6.62. The topological polar surface area (TPSA) is 41.1 Å². The van der Waals surface area contributed by atoms with Gasteiger partial charge in [-0.25, -0.2) is 0 Å². The van der Waals surface area contributed by atoms with E-state index < -0.39 is 0 Å². The fourth-order valence-corrected chi connectivity index (χ4v) is 2.60. The number of carbonyl (C=O) groups excluding carboxylic acids is 1. The molecule has 1 aliphatic carbocycles. The monoisotopic (exact) mass is 224 g/mol. The lowest BCUT2D eigenvalue weighted by atomic mass is 9.92. The molecule has 0 aromatic carbocycles. The Morgan fingerprint density at radius 2 is 2.25 bits per heavy atom. The van der Waals surface area contributed by atoms with E-state index in [1.807, 2.05) is 0 Å². The molecule has 2 rings (SSSR count). The second-order valence-corrected chi connectivity index (χ2v) is 5.78. The van der Waals surface area contributed by atoms with Crippen LogP contribution in [0.4, 0.5) is 0 Å². The van der Waals surface area contributed by atoms with E-state index in [9.17, 15) is 4.79 Å². The van der Waals surface area contributed by atoms with Gasteiger partial charge >= 0.3 is 0 Å². The zero-order chi connectivity index (χ0) is 11.6. The third-order valence-electron chi connectivity index (χ3n) is 4.40. The van der Waals surface area contributed by atoms with E-state index in [0.29, 0.717) is 11.3 Å². The molecule has 1 saturated carbocycles. The SMILES string of the molecule is CC(C)C1(CNC(=O)C2CCCNC2)CC1. The summed E-state index contributed by atoms with van der Waals surface area (Å²) >= 11 is 0. The average Bonchev–Trinajstić information content (AvgIpc) is 3.08. The molecule has 3 nitrogen and oxygen atoms in total. The minimum atomic E-state index is 0.205. The van der Waals surface area contributed by atoms with Crippen molar-refractivity contribution in [1.29, 1.82) is 0 Å². The lowest BCUT2D eigenvalue weighted by Gasteiger charge is -2.25. The maximum Gasteiger partial charge on any atom is 0.224 e. The average molecular weight is 224 g/mol. The van der Waals surface area contributed by atoms with Gasteiger partial charge in [-0.05, 0) is 43.6 Å². The summed E-state index contributed by atoms with van der Waals surface area (Å²) in [5.41, 5.74) is 0.428. The van der Waals surface area contributed by atoms with Gasteiger partial charge in [0.05, 0.1) is 5.92 Å². The zero-order valence-corrected chi connectivity index (χ0v) is 10.5. The van der Waals surface area contributed by atoms with Crippen molar-refractivity contribution in [1.82, 2.24) is 10.6 Å². The van der Waals surface area contributed by atoms with Crippen molar-refractivity contribution in [3.63, 3.8) is 0 Å². The van der Waals surface area contributed by atoms with Crippen molar-refractivity contribution >= 4 is 5.91 Å². The summed E-state index contributed by atoms with van der Waals surface area (Å²) in [5, 5.41) is 6.45. The minimum absolute atomic E-state index is 0.205. The summed E-state index contributed by atoms with van der Waals surface area (Å²) in [7, 11) is 0. The van der Waals surface area contributed by atoms with Crippen LogP contribution in [0.5, 0.6) is 0 Å². The molecule has 0 aromatic rings. The Labute approximate surface area is 98.4 Å². The molecule has 1 saturated heterocycles. The van der Waals surface area contributed by atoms with E-state index in [1.54, 1.807) is 0 Å². The molecule has 92 valence electrons. The summed E-state index contributed by atoms with van der Waals surface area (Å²) < 4.78 is 0.